The number of ether oxygens (including phenoxy) is 1. The molecule has 1 aliphatic heterocycles. The van der Waals surface area contributed by atoms with E-state index >= 15 is 0 Å². The second-order valence-corrected chi connectivity index (χ2v) is 4.57. The first-order valence-electron chi connectivity index (χ1n) is 4.85. The Morgan fingerprint density at radius 1 is 1.62 bits per heavy atom. The van der Waals surface area contributed by atoms with E-state index in [2.05, 4.69) is 11.9 Å². The Labute approximate surface area is 77.0 Å². The minimum atomic E-state index is -0.618. The van der Waals surface area contributed by atoms with Crippen molar-refractivity contribution in [2.45, 2.75) is 18.6 Å². The zero-order chi connectivity index (χ0) is 9.16. The van der Waals surface area contributed by atoms with Gasteiger partial charge in [-0.05, 0) is 25.3 Å². The lowest BCUT2D eigenvalue weighted by Crippen LogP contribution is -2.65. The van der Waals surface area contributed by atoms with Crippen LogP contribution in [0.4, 0.5) is 4.79 Å². The Balaban J connectivity index is 1.75. The van der Waals surface area contributed by atoms with E-state index in [9.17, 15) is 4.79 Å². The van der Waals surface area contributed by atoms with Gasteiger partial charge in [-0.1, -0.05) is 0 Å². The second-order valence-electron chi connectivity index (χ2n) is 4.57. The van der Waals surface area contributed by atoms with Crippen LogP contribution in [0.5, 0.6) is 0 Å². The standard InChI is InChI=1S/C9H14N2O2/c1-11-3-4-2-5-6(4)7(11)8(5)13-9(10)12/h4-8H,2-3H2,1H3,(H2,10,12)/t4-,5?,6+,7+,8?/m1/s1. The molecule has 1 saturated heterocycles. The molecule has 1 heterocycles. The van der Waals surface area contributed by atoms with Crippen molar-refractivity contribution in [1.29, 1.82) is 0 Å². The van der Waals surface area contributed by atoms with Crippen molar-refractivity contribution in [2.24, 2.45) is 23.5 Å². The topological polar surface area (TPSA) is 55.6 Å². The number of carbonyl (C=O) groups is 1. The molecule has 0 spiro atoms. The quantitative estimate of drug-likeness (QED) is 0.622. The van der Waals surface area contributed by atoms with Crippen LogP contribution in [0.25, 0.3) is 0 Å². The van der Waals surface area contributed by atoms with Gasteiger partial charge in [0.25, 0.3) is 0 Å². The van der Waals surface area contributed by atoms with Crippen LogP contribution in [0.2, 0.25) is 0 Å². The first kappa shape index (κ1) is 7.62. The Morgan fingerprint density at radius 2 is 2.38 bits per heavy atom. The normalized spacial score (nSPS) is 51.9. The van der Waals surface area contributed by atoms with Crippen molar-refractivity contribution < 1.29 is 9.53 Å². The molecule has 2 aliphatic carbocycles. The average molecular weight is 182 g/mol. The molecule has 0 aromatic rings. The molecular formula is C9H14N2O2. The molecule has 0 aromatic carbocycles. The summed E-state index contributed by atoms with van der Waals surface area (Å²) in [7, 11) is 2.11. The van der Waals surface area contributed by atoms with Crippen molar-refractivity contribution in [3.63, 3.8) is 0 Å². The third kappa shape index (κ3) is 0.771. The molecule has 0 bridgehead atoms. The molecule has 2 saturated carbocycles. The van der Waals surface area contributed by atoms with Crippen molar-refractivity contribution in [2.75, 3.05) is 13.6 Å². The minimum absolute atomic E-state index is 0.0891. The van der Waals surface area contributed by atoms with Crippen LogP contribution in [-0.4, -0.2) is 36.7 Å². The van der Waals surface area contributed by atoms with Gasteiger partial charge in [-0.3, -0.25) is 4.90 Å². The Morgan fingerprint density at radius 3 is 3.08 bits per heavy atom. The SMILES string of the molecule is CN1C[C@H]2CC3C(OC(N)=O)[C@@H]1[C@H]32. The fourth-order valence-electron chi connectivity index (χ4n) is 3.55. The van der Waals surface area contributed by atoms with Crippen molar-refractivity contribution in [1.82, 2.24) is 4.90 Å². The highest BCUT2D eigenvalue weighted by Gasteiger charge is 2.67. The van der Waals surface area contributed by atoms with E-state index in [4.69, 9.17) is 10.5 Å². The maximum atomic E-state index is 10.6. The van der Waals surface area contributed by atoms with Crippen LogP contribution in [-0.2, 0) is 4.74 Å². The maximum absolute atomic E-state index is 10.6. The fourth-order valence-corrected chi connectivity index (χ4v) is 3.55. The predicted molar refractivity (Wildman–Crippen MR) is 46.0 cm³/mol. The van der Waals surface area contributed by atoms with Crippen molar-refractivity contribution >= 4 is 6.09 Å². The largest absolute Gasteiger partial charge is 0.444 e. The van der Waals surface area contributed by atoms with Gasteiger partial charge in [-0.15, -0.1) is 0 Å². The molecule has 0 radical (unpaired) electrons. The zero-order valence-corrected chi connectivity index (χ0v) is 7.64. The zero-order valence-electron chi connectivity index (χ0n) is 7.64. The molecule has 72 valence electrons. The van der Waals surface area contributed by atoms with Crippen LogP contribution in [0, 0.1) is 17.8 Å². The van der Waals surface area contributed by atoms with Gasteiger partial charge in [0.2, 0.25) is 0 Å². The lowest BCUT2D eigenvalue weighted by molar-refractivity contribution is -0.146. The van der Waals surface area contributed by atoms with E-state index in [0.29, 0.717) is 12.0 Å². The number of likely N-dealkylation sites (tertiary alicyclic amines) is 1. The van der Waals surface area contributed by atoms with Crippen LogP contribution in [0.1, 0.15) is 6.42 Å². The van der Waals surface area contributed by atoms with E-state index in [1.165, 1.54) is 13.0 Å². The number of hydrogen-bond acceptors (Lipinski definition) is 3. The van der Waals surface area contributed by atoms with Crippen LogP contribution >= 0.6 is 0 Å². The molecule has 3 fully saturated rings. The summed E-state index contributed by atoms with van der Waals surface area (Å²) in [5.74, 6) is 2.29. The Kier molecular flexibility index (Phi) is 1.28. The predicted octanol–water partition coefficient (Wildman–Crippen LogP) is 0.0302. The molecule has 2 unspecified atom stereocenters. The number of nitrogens with zero attached hydrogens (tertiary/aromatic N) is 1. The van der Waals surface area contributed by atoms with Crippen LogP contribution in [0.3, 0.4) is 0 Å². The Hall–Kier alpha value is -0.770. The number of likely N-dealkylation sites (N-methyl/N-ethyl adjacent to an activating group) is 1. The molecule has 4 nitrogen and oxygen atoms in total. The van der Waals surface area contributed by atoms with Gasteiger partial charge in [0, 0.05) is 12.5 Å². The molecule has 13 heavy (non-hydrogen) atoms. The van der Waals surface area contributed by atoms with Crippen molar-refractivity contribution in [3.8, 4) is 0 Å². The number of amides is 1. The molecule has 3 rings (SSSR count). The smallest absolute Gasteiger partial charge is 0.404 e. The summed E-state index contributed by atoms with van der Waals surface area (Å²) in [6, 6.07) is 0.469. The van der Waals surface area contributed by atoms with E-state index in [1.807, 2.05) is 0 Å². The highest BCUT2D eigenvalue weighted by Crippen LogP contribution is 2.61. The van der Waals surface area contributed by atoms with Gasteiger partial charge >= 0.3 is 6.09 Å². The first-order valence-corrected chi connectivity index (χ1v) is 4.85. The summed E-state index contributed by atoms with van der Waals surface area (Å²) < 4.78 is 5.12. The molecule has 2 N–H and O–H groups in total. The van der Waals surface area contributed by atoms with Crippen LogP contribution in [0.15, 0.2) is 0 Å². The highest BCUT2D eigenvalue weighted by molar-refractivity contribution is 5.65. The summed E-state index contributed by atoms with van der Waals surface area (Å²) in [5, 5.41) is 0. The lowest BCUT2D eigenvalue weighted by atomic mass is 9.51. The third-order valence-corrected chi connectivity index (χ3v) is 4.05. The van der Waals surface area contributed by atoms with Gasteiger partial charge < -0.3 is 10.5 Å². The fraction of sp³-hybridized carbons (Fsp3) is 0.889. The summed E-state index contributed by atoms with van der Waals surface area (Å²) >= 11 is 0. The number of primary amides is 1. The maximum Gasteiger partial charge on any atom is 0.404 e. The third-order valence-electron chi connectivity index (χ3n) is 4.05. The molecule has 5 atom stereocenters. The number of carbonyl (C=O) groups excluding carboxylic acids is 1. The summed E-state index contributed by atoms with van der Waals surface area (Å²) in [4.78, 5) is 13.0. The monoisotopic (exact) mass is 182 g/mol. The van der Waals surface area contributed by atoms with E-state index < -0.39 is 6.09 Å². The summed E-state index contributed by atoms with van der Waals surface area (Å²) in [6.07, 6.45) is 0.696. The Bertz CT molecular complexity index is 268. The van der Waals surface area contributed by atoms with Gasteiger partial charge in [-0.2, -0.15) is 0 Å². The number of nitrogens with two attached hydrogens (primary N) is 1. The van der Waals surface area contributed by atoms with E-state index in [-0.39, 0.29) is 6.10 Å². The lowest BCUT2D eigenvalue weighted by Gasteiger charge is -2.57. The molecule has 4 heteroatoms. The molecule has 3 aliphatic rings. The molecular weight excluding hydrogens is 168 g/mol. The van der Waals surface area contributed by atoms with Crippen molar-refractivity contribution in [3.05, 3.63) is 0 Å². The van der Waals surface area contributed by atoms with Gasteiger partial charge in [-0.25, -0.2) is 4.79 Å². The van der Waals surface area contributed by atoms with Crippen LogP contribution < -0.4 is 5.73 Å². The van der Waals surface area contributed by atoms with Gasteiger partial charge in [0.15, 0.2) is 0 Å². The highest BCUT2D eigenvalue weighted by atomic mass is 16.6. The first-order chi connectivity index (χ1) is 6.18. The van der Waals surface area contributed by atoms with E-state index in [0.717, 1.165) is 11.8 Å². The number of rotatable bonds is 1. The summed E-state index contributed by atoms with van der Waals surface area (Å²) in [5.41, 5.74) is 5.03. The number of hydrogen-bond donors (Lipinski definition) is 1. The average Bonchev–Trinajstić information content (AvgIpc) is 2.15. The van der Waals surface area contributed by atoms with E-state index in [1.54, 1.807) is 0 Å². The second kappa shape index (κ2) is 2.18. The van der Waals surface area contributed by atoms with Gasteiger partial charge in [0.05, 0.1) is 6.04 Å². The molecule has 0 aromatic heterocycles. The van der Waals surface area contributed by atoms with Gasteiger partial charge in [0.1, 0.15) is 6.10 Å². The summed E-state index contributed by atoms with van der Waals surface area (Å²) in [6.45, 7) is 1.17. The minimum Gasteiger partial charge on any atom is -0.444 e. The molecule has 1 amide bonds.